The first-order valence-electron chi connectivity index (χ1n) is 11.0. The van der Waals surface area contributed by atoms with E-state index in [0.29, 0.717) is 36.2 Å². The van der Waals surface area contributed by atoms with E-state index in [0.717, 1.165) is 37.2 Å². The summed E-state index contributed by atoms with van der Waals surface area (Å²) in [5, 5.41) is 18.5. The van der Waals surface area contributed by atoms with E-state index in [2.05, 4.69) is 51.5 Å². The van der Waals surface area contributed by atoms with Crippen LogP contribution in [-0.2, 0) is 18.0 Å². The molecule has 0 saturated carbocycles. The fourth-order valence-corrected chi connectivity index (χ4v) is 4.48. The molecule has 160 valence electrons. The highest BCUT2D eigenvalue weighted by atomic mass is 16.5. The minimum Gasteiger partial charge on any atom is -0.370 e. The summed E-state index contributed by atoms with van der Waals surface area (Å²) in [6, 6.07) is 25.1. The molecular formula is C26H25N5O. The van der Waals surface area contributed by atoms with Crippen LogP contribution in [-0.4, -0.2) is 27.7 Å². The molecule has 6 nitrogen and oxygen atoms in total. The van der Waals surface area contributed by atoms with E-state index in [9.17, 15) is 5.26 Å². The summed E-state index contributed by atoms with van der Waals surface area (Å²) in [6.07, 6.45) is 4.10. The van der Waals surface area contributed by atoms with Crippen molar-refractivity contribution in [3.63, 3.8) is 0 Å². The van der Waals surface area contributed by atoms with Gasteiger partial charge in [-0.3, -0.25) is 4.40 Å². The summed E-state index contributed by atoms with van der Waals surface area (Å²) in [6.45, 7) is 2.69. The largest absolute Gasteiger partial charge is 0.370 e. The Hall–Kier alpha value is -3.69. The molecule has 0 atom stereocenters. The van der Waals surface area contributed by atoms with Crippen LogP contribution in [0.2, 0.25) is 0 Å². The van der Waals surface area contributed by atoms with E-state index in [4.69, 9.17) is 4.74 Å². The average Bonchev–Trinajstić information content (AvgIpc) is 3.28. The van der Waals surface area contributed by atoms with Crippen LogP contribution in [0.5, 0.6) is 0 Å². The molecule has 5 rings (SSSR count). The van der Waals surface area contributed by atoms with Crippen molar-refractivity contribution < 1.29 is 4.74 Å². The molecule has 1 fully saturated rings. The van der Waals surface area contributed by atoms with Crippen molar-refractivity contribution in [2.45, 2.75) is 32.0 Å². The summed E-state index contributed by atoms with van der Waals surface area (Å²) in [4.78, 5) is 2.30. The second-order valence-corrected chi connectivity index (χ2v) is 8.15. The van der Waals surface area contributed by atoms with Gasteiger partial charge in [0.1, 0.15) is 18.2 Å². The molecule has 3 heterocycles. The summed E-state index contributed by atoms with van der Waals surface area (Å²) in [7, 11) is 0. The zero-order valence-electron chi connectivity index (χ0n) is 17.9. The number of fused-ring (bicyclic) bond motifs is 1. The van der Waals surface area contributed by atoms with Gasteiger partial charge in [-0.05, 0) is 36.0 Å². The second kappa shape index (κ2) is 9.21. The molecule has 1 saturated heterocycles. The number of hydrogen-bond acceptors (Lipinski definition) is 5. The summed E-state index contributed by atoms with van der Waals surface area (Å²) < 4.78 is 7.69. The number of benzene rings is 2. The van der Waals surface area contributed by atoms with E-state index in [-0.39, 0.29) is 0 Å². The lowest BCUT2D eigenvalue weighted by atomic mass is 9.89. The number of nitriles is 1. The van der Waals surface area contributed by atoms with Crippen molar-refractivity contribution in [2.75, 3.05) is 18.0 Å². The monoisotopic (exact) mass is 423 g/mol. The second-order valence-electron chi connectivity index (χ2n) is 8.15. The molecule has 1 aliphatic rings. The average molecular weight is 424 g/mol. The third kappa shape index (κ3) is 4.08. The van der Waals surface area contributed by atoms with E-state index >= 15 is 0 Å². The predicted molar refractivity (Wildman–Crippen MR) is 123 cm³/mol. The topological polar surface area (TPSA) is 66.5 Å². The third-order valence-electron chi connectivity index (χ3n) is 6.19. The molecule has 32 heavy (non-hydrogen) atoms. The number of aromatic nitrogens is 3. The number of ether oxygens (including phenoxy) is 1. The van der Waals surface area contributed by atoms with E-state index in [1.165, 1.54) is 5.56 Å². The smallest absolute Gasteiger partial charge is 0.180 e. The third-order valence-corrected chi connectivity index (χ3v) is 6.19. The molecule has 2 aromatic carbocycles. The molecule has 0 radical (unpaired) electrons. The predicted octanol–water partition coefficient (Wildman–Crippen LogP) is 4.70. The van der Waals surface area contributed by atoms with Crippen LogP contribution in [0, 0.1) is 11.3 Å². The van der Waals surface area contributed by atoms with Crippen molar-refractivity contribution >= 4 is 11.3 Å². The van der Waals surface area contributed by atoms with Crippen molar-refractivity contribution in [3.05, 3.63) is 95.4 Å². The van der Waals surface area contributed by atoms with Crippen molar-refractivity contribution in [2.24, 2.45) is 0 Å². The molecule has 0 amide bonds. The molecule has 0 spiro atoms. The standard InChI is InChI=1S/C26H25N5O/c27-17-23-24(30-14-11-22(12-15-30)21-9-5-2-6-10-21)13-16-31-25(28-29-26(23)31)19-32-18-20-7-3-1-4-8-20/h1-10,13,16,22H,11-12,14-15,18-19H2. The fourth-order valence-electron chi connectivity index (χ4n) is 4.48. The molecule has 4 aromatic rings. The molecule has 0 aliphatic carbocycles. The Bertz CT molecular complexity index is 1220. The first kappa shape index (κ1) is 20.2. The Balaban J connectivity index is 1.30. The molecule has 2 aromatic heterocycles. The van der Waals surface area contributed by atoms with Gasteiger partial charge in [0, 0.05) is 19.3 Å². The van der Waals surface area contributed by atoms with Gasteiger partial charge in [0.25, 0.3) is 0 Å². The van der Waals surface area contributed by atoms with Gasteiger partial charge in [0.15, 0.2) is 11.5 Å². The molecule has 0 unspecified atom stereocenters. The zero-order chi connectivity index (χ0) is 21.8. The Kier molecular flexibility index (Phi) is 5.82. The number of nitrogens with zero attached hydrogens (tertiary/aromatic N) is 5. The summed E-state index contributed by atoms with van der Waals surface area (Å²) in [5.74, 6) is 1.27. The number of anilines is 1. The zero-order valence-corrected chi connectivity index (χ0v) is 17.9. The number of hydrogen-bond donors (Lipinski definition) is 0. The first-order chi connectivity index (χ1) is 15.8. The van der Waals surface area contributed by atoms with Gasteiger partial charge in [-0.15, -0.1) is 10.2 Å². The molecule has 0 bridgehead atoms. The van der Waals surface area contributed by atoms with Crippen molar-refractivity contribution in [1.29, 1.82) is 5.26 Å². The maximum absolute atomic E-state index is 9.92. The molecule has 6 heteroatoms. The lowest BCUT2D eigenvalue weighted by Gasteiger charge is -2.34. The van der Waals surface area contributed by atoms with Crippen LogP contribution in [0.15, 0.2) is 72.9 Å². The van der Waals surface area contributed by atoms with Gasteiger partial charge in [-0.1, -0.05) is 60.7 Å². The summed E-state index contributed by atoms with van der Waals surface area (Å²) >= 11 is 0. The van der Waals surface area contributed by atoms with Gasteiger partial charge >= 0.3 is 0 Å². The number of rotatable bonds is 6. The Morgan fingerprint density at radius 1 is 0.906 bits per heavy atom. The van der Waals surface area contributed by atoms with Crippen LogP contribution in [0.3, 0.4) is 0 Å². The minimum absolute atomic E-state index is 0.336. The maximum Gasteiger partial charge on any atom is 0.180 e. The Morgan fingerprint density at radius 2 is 1.62 bits per heavy atom. The number of pyridine rings is 1. The lowest BCUT2D eigenvalue weighted by molar-refractivity contribution is 0.101. The van der Waals surface area contributed by atoms with Crippen LogP contribution in [0.4, 0.5) is 5.69 Å². The van der Waals surface area contributed by atoms with Gasteiger partial charge < -0.3 is 9.64 Å². The lowest BCUT2D eigenvalue weighted by Crippen LogP contribution is -2.33. The first-order valence-corrected chi connectivity index (χ1v) is 11.0. The highest BCUT2D eigenvalue weighted by Gasteiger charge is 2.24. The molecule has 1 aliphatic heterocycles. The Labute approximate surface area is 187 Å². The van der Waals surface area contributed by atoms with E-state index < -0.39 is 0 Å². The van der Waals surface area contributed by atoms with Gasteiger partial charge in [-0.2, -0.15) is 5.26 Å². The highest BCUT2D eigenvalue weighted by Crippen LogP contribution is 2.32. The van der Waals surface area contributed by atoms with Gasteiger partial charge in [0.05, 0.1) is 12.3 Å². The molecule has 0 N–H and O–H groups in total. The highest BCUT2D eigenvalue weighted by molar-refractivity contribution is 5.71. The van der Waals surface area contributed by atoms with Crippen molar-refractivity contribution in [1.82, 2.24) is 14.6 Å². The van der Waals surface area contributed by atoms with Gasteiger partial charge in [-0.25, -0.2) is 0 Å². The van der Waals surface area contributed by atoms with Crippen LogP contribution in [0.25, 0.3) is 5.65 Å². The minimum atomic E-state index is 0.336. The number of piperidine rings is 1. The van der Waals surface area contributed by atoms with Gasteiger partial charge in [0.2, 0.25) is 0 Å². The van der Waals surface area contributed by atoms with E-state index in [1.807, 2.05) is 47.0 Å². The van der Waals surface area contributed by atoms with Crippen LogP contribution in [0.1, 0.15) is 41.3 Å². The Morgan fingerprint density at radius 3 is 2.34 bits per heavy atom. The van der Waals surface area contributed by atoms with Crippen molar-refractivity contribution in [3.8, 4) is 6.07 Å². The SMILES string of the molecule is N#Cc1c(N2CCC(c3ccccc3)CC2)ccn2c(COCc3ccccc3)nnc12. The quantitative estimate of drug-likeness (QED) is 0.450. The van der Waals surface area contributed by atoms with E-state index in [1.54, 1.807) is 0 Å². The molecular weight excluding hydrogens is 398 g/mol. The van der Waals surface area contributed by atoms with Crippen LogP contribution >= 0.6 is 0 Å². The summed E-state index contributed by atoms with van der Waals surface area (Å²) in [5.41, 5.74) is 4.62. The maximum atomic E-state index is 9.92. The fraction of sp³-hybridized carbons (Fsp3) is 0.269. The van der Waals surface area contributed by atoms with Crippen LogP contribution < -0.4 is 4.90 Å². The normalized spacial score (nSPS) is 14.5.